The van der Waals surface area contributed by atoms with E-state index < -0.39 is 6.43 Å². The van der Waals surface area contributed by atoms with Gasteiger partial charge < -0.3 is 9.88 Å². The third-order valence-electron chi connectivity index (χ3n) is 6.65. The molecule has 0 bridgehead atoms. The number of hydrogen-bond acceptors (Lipinski definition) is 5. The summed E-state index contributed by atoms with van der Waals surface area (Å²) in [5.41, 5.74) is 3.15. The first-order chi connectivity index (χ1) is 15.9. The molecule has 0 saturated carbocycles. The van der Waals surface area contributed by atoms with E-state index >= 15 is 0 Å². The fourth-order valence-corrected chi connectivity index (χ4v) is 5.11. The molecule has 9 heteroatoms. The van der Waals surface area contributed by atoms with Crippen molar-refractivity contribution in [3.63, 3.8) is 0 Å². The van der Waals surface area contributed by atoms with Crippen LogP contribution in [0.3, 0.4) is 0 Å². The lowest BCUT2D eigenvalue weighted by Crippen LogP contribution is -2.31. The number of carbonyl (C=O) groups excluding carboxylic acids is 1. The maximum atomic E-state index is 13.5. The summed E-state index contributed by atoms with van der Waals surface area (Å²) < 4.78 is 30.6. The molecule has 0 radical (unpaired) electrons. The van der Waals surface area contributed by atoms with Crippen LogP contribution < -0.4 is 5.32 Å². The molecule has 33 heavy (non-hydrogen) atoms. The van der Waals surface area contributed by atoms with E-state index in [0.717, 1.165) is 35.9 Å². The molecule has 2 atom stereocenters. The van der Waals surface area contributed by atoms with Crippen molar-refractivity contribution in [2.24, 2.45) is 7.05 Å². The van der Waals surface area contributed by atoms with Gasteiger partial charge in [-0.25, -0.2) is 18.3 Å². The van der Waals surface area contributed by atoms with Crippen LogP contribution in [0.25, 0.3) is 16.7 Å². The van der Waals surface area contributed by atoms with Crippen molar-refractivity contribution in [2.75, 3.05) is 6.54 Å². The summed E-state index contributed by atoms with van der Waals surface area (Å²) in [5.74, 6) is 0.0369. The van der Waals surface area contributed by atoms with Gasteiger partial charge in [-0.2, -0.15) is 10.1 Å². The summed E-state index contributed by atoms with van der Waals surface area (Å²) in [4.78, 5) is 21.2. The van der Waals surface area contributed by atoms with Crippen molar-refractivity contribution in [2.45, 2.75) is 51.0 Å². The Bertz CT molecular complexity index is 1320. The van der Waals surface area contributed by atoms with E-state index in [0.29, 0.717) is 24.1 Å². The highest BCUT2D eigenvalue weighted by Gasteiger charge is 2.30. The van der Waals surface area contributed by atoms with Crippen molar-refractivity contribution in [3.8, 4) is 0 Å². The summed E-state index contributed by atoms with van der Waals surface area (Å²) in [7, 11) is 1.99. The van der Waals surface area contributed by atoms with Gasteiger partial charge in [-0.1, -0.05) is 0 Å². The minimum absolute atomic E-state index is 0.0461. The molecule has 0 amide bonds. The van der Waals surface area contributed by atoms with Crippen LogP contribution in [0.1, 0.15) is 65.3 Å². The van der Waals surface area contributed by atoms with Crippen LogP contribution in [0.5, 0.6) is 0 Å². The number of nitrogens with zero attached hydrogens (tertiary/aromatic N) is 5. The van der Waals surface area contributed by atoms with E-state index in [2.05, 4.69) is 20.4 Å². The smallest absolute Gasteiger partial charge is 0.280 e. The number of hydrogen-bond donors (Lipinski definition) is 1. The molecule has 3 aromatic heterocycles. The van der Waals surface area contributed by atoms with Crippen LogP contribution in [0.15, 0.2) is 36.8 Å². The predicted molar refractivity (Wildman–Crippen MR) is 121 cm³/mol. The summed E-state index contributed by atoms with van der Waals surface area (Å²) >= 11 is 0. The number of fused-ring (bicyclic) bond motifs is 2. The Morgan fingerprint density at radius 1 is 1.30 bits per heavy atom. The minimum atomic E-state index is -2.70. The lowest BCUT2D eigenvalue weighted by Gasteiger charge is -2.25. The normalized spacial score (nSPS) is 17.4. The summed E-state index contributed by atoms with van der Waals surface area (Å²) in [5, 5.41) is 8.74. The second-order valence-corrected chi connectivity index (χ2v) is 8.81. The number of aromatic nitrogens is 5. The number of Topliss-reactive ketones (excluding diaryl/α,β-unsaturated/α-hetero) is 1. The largest absolute Gasteiger partial charge is 0.350 e. The molecule has 1 aromatic carbocycles. The van der Waals surface area contributed by atoms with Crippen LogP contribution in [-0.4, -0.2) is 42.5 Å². The van der Waals surface area contributed by atoms with Gasteiger partial charge in [0.25, 0.3) is 12.2 Å². The SMILES string of the molecule is Cc1cc(C(=O)CCC(c2cc(C(F)F)nc3ncnn23)C2CCCN2)cc2ccn(C)c12. The molecule has 4 aromatic rings. The first-order valence-corrected chi connectivity index (χ1v) is 11.2. The lowest BCUT2D eigenvalue weighted by atomic mass is 9.87. The maximum Gasteiger partial charge on any atom is 0.280 e. The van der Waals surface area contributed by atoms with E-state index in [1.54, 1.807) is 0 Å². The second kappa shape index (κ2) is 8.62. The Kier molecular flexibility index (Phi) is 5.65. The van der Waals surface area contributed by atoms with E-state index in [4.69, 9.17) is 0 Å². The standard InChI is InChI=1S/C24H26F2N6O/c1-14-10-16(11-15-7-9-31(2)22(14)15)21(33)6-5-17(18-4-3-8-27-18)20-12-19(23(25)26)30-24-28-13-29-32(20)24/h7,9-13,17-18,23,27H,3-6,8H2,1-2H3. The van der Waals surface area contributed by atoms with Gasteiger partial charge in [-0.3, -0.25) is 4.79 Å². The van der Waals surface area contributed by atoms with E-state index in [-0.39, 0.29) is 29.2 Å². The molecule has 7 nitrogen and oxygen atoms in total. The molecule has 1 aliphatic heterocycles. The monoisotopic (exact) mass is 452 g/mol. The average molecular weight is 453 g/mol. The highest BCUT2D eigenvalue weighted by molar-refractivity contribution is 6.00. The summed E-state index contributed by atoms with van der Waals surface area (Å²) in [6.45, 7) is 2.88. The number of carbonyl (C=O) groups is 1. The third kappa shape index (κ3) is 4.01. The van der Waals surface area contributed by atoms with Crippen molar-refractivity contribution in [3.05, 3.63) is 59.3 Å². The van der Waals surface area contributed by atoms with E-state index in [9.17, 15) is 13.6 Å². The van der Waals surface area contributed by atoms with E-state index in [1.165, 1.54) is 16.9 Å². The third-order valence-corrected chi connectivity index (χ3v) is 6.65. The van der Waals surface area contributed by atoms with Gasteiger partial charge in [-0.05, 0) is 62.6 Å². The van der Waals surface area contributed by atoms with Crippen LogP contribution >= 0.6 is 0 Å². The van der Waals surface area contributed by atoms with Crippen molar-refractivity contribution >= 4 is 22.5 Å². The van der Waals surface area contributed by atoms with Gasteiger partial charge in [0.15, 0.2) is 5.78 Å². The number of halogens is 2. The van der Waals surface area contributed by atoms with Crippen LogP contribution in [0.2, 0.25) is 0 Å². The first kappa shape index (κ1) is 21.6. The van der Waals surface area contributed by atoms with Crippen molar-refractivity contribution in [1.29, 1.82) is 0 Å². The Morgan fingerprint density at radius 3 is 2.91 bits per heavy atom. The van der Waals surface area contributed by atoms with Crippen LogP contribution in [-0.2, 0) is 7.05 Å². The Balaban J connectivity index is 1.46. The topological polar surface area (TPSA) is 77.1 Å². The molecule has 1 N–H and O–H groups in total. The molecule has 0 spiro atoms. The van der Waals surface area contributed by atoms with Gasteiger partial charge >= 0.3 is 0 Å². The second-order valence-electron chi connectivity index (χ2n) is 8.81. The number of rotatable bonds is 7. The highest BCUT2D eigenvalue weighted by Crippen LogP contribution is 2.32. The van der Waals surface area contributed by atoms with Gasteiger partial charge in [-0.15, -0.1) is 0 Å². The molecular weight excluding hydrogens is 426 g/mol. The Hall–Kier alpha value is -3.20. The quantitative estimate of drug-likeness (QED) is 0.422. The van der Waals surface area contributed by atoms with Gasteiger partial charge in [0.2, 0.25) is 0 Å². The molecule has 5 rings (SSSR count). The fourth-order valence-electron chi connectivity index (χ4n) is 5.11. The highest BCUT2D eigenvalue weighted by atomic mass is 19.3. The van der Waals surface area contributed by atoms with Gasteiger partial charge in [0.05, 0.1) is 11.2 Å². The Morgan fingerprint density at radius 2 is 2.15 bits per heavy atom. The molecule has 172 valence electrons. The summed E-state index contributed by atoms with van der Waals surface area (Å²) in [6, 6.07) is 7.38. The average Bonchev–Trinajstić information content (AvgIpc) is 3.54. The van der Waals surface area contributed by atoms with Gasteiger partial charge in [0, 0.05) is 42.6 Å². The zero-order valence-electron chi connectivity index (χ0n) is 18.6. The molecule has 1 fully saturated rings. The van der Waals surface area contributed by atoms with E-state index in [1.807, 2.05) is 42.9 Å². The molecular formula is C24H26F2N6O. The Labute approximate surface area is 189 Å². The number of ketones is 1. The van der Waals surface area contributed by atoms with Crippen molar-refractivity contribution in [1.82, 2.24) is 29.5 Å². The molecule has 2 unspecified atom stereocenters. The summed E-state index contributed by atoms with van der Waals surface area (Å²) in [6.07, 6.45) is 3.35. The zero-order chi connectivity index (χ0) is 23.1. The zero-order valence-corrected chi connectivity index (χ0v) is 18.6. The number of aryl methyl sites for hydroxylation is 2. The van der Waals surface area contributed by atoms with Crippen LogP contribution in [0, 0.1) is 6.92 Å². The maximum absolute atomic E-state index is 13.5. The number of nitrogens with one attached hydrogen (secondary N) is 1. The van der Waals surface area contributed by atoms with Gasteiger partial charge in [0.1, 0.15) is 12.0 Å². The molecule has 4 heterocycles. The lowest BCUT2D eigenvalue weighted by molar-refractivity contribution is 0.0975. The molecule has 0 aliphatic carbocycles. The van der Waals surface area contributed by atoms with Crippen LogP contribution in [0.4, 0.5) is 8.78 Å². The molecule has 1 aliphatic rings. The fraction of sp³-hybridized carbons (Fsp3) is 0.417. The molecule has 1 saturated heterocycles. The first-order valence-electron chi connectivity index (χ1n) is 11.2. The number of alkyl halides is 2. The number of benzene rings is 1. The van der Waals surface area contributed by atoms with Crippen molar-refractivity contribution < 1.29 is 13.6 Å². The minimum Gasteiger partial charge on any atom is -0.350 e. The predicted octanol–water partition coefficient (Wildman–Crippen LogP) is 4.36.